The van der Waals surface area contributed by atoms with Crippen LogP contribution in [0.3, 0.4) is 0 Å². The van der Waals surface area contributed by atoms with Crippen molar-refractivity contribution in [1.82, 2.24) is 9.97 Å². The zero-order valence-electron chi connectivity index (χ0n) is 10.9. The molecule has 0 amide bonds. The van der Waals surface area contributed by atoms with Gasteiger partial charge in [0.2, 0.25) is 0 Å². The second kappa shape index (κ2) is 6.68. The minimum Gasteiger partial charge on any atom is -0.369 e. The van der Waals surface area contributed by atoms with Gasteiger partial charge in [-0.05, 0) is 31.0 Å². The highest BCUT2D eigenvalue weighted by Crippen LogP contribution is 2.19. The molecule has 6 heteroatoms. The third-order valence-electron chi connectivity index (χ3n) is 2.75. The van der Waals surface area contributed by atoms with Crippen molar-refractivity contribution in [1.29, 1.82) is 0 Å². The number of aromatic nitrogens is 2. The third kappa shape index (κ3) is 3.68. The van der Waals surface area contributed by atoms with E-state index in [9.17, 15) is 4.79 Å². The first-order valence-corrected chi connectivity index (χ1v) is 6.83. The molecule has 1 heterocycles. The number of nitrogens with zero attached hydrogens (tertiary/aromatic N) is 2. The summed E-state index contributed by atoms with van der Waals surface area (Å²) < 4.78 is 0. The Morgan fingerprint density at radius 3 is 2.55 bits per heavy atom. The lowest BCUT2D eigenvalue weighted by Gasteiger charge is -2.09. The van der Waals surface area contributed by atoms with Crippen molar-refractivity contribution in [2.75, 3.05) is 11.9 Å². The average Bonchev–Trinajstić information content (AvgIpc) is 2.40. The zero-order valence-corrected chi connectivity index (χ0v) is 12.4. The minimum atomic E-state index is 0.168. The van der Waals surface area contributed by atoms with Crippen LogP contribution in [0.25, 0.3) is 0 Å². The van der Waals surface area contributed by atoms with Crippen LogP contribution in [0.2, 0.25) is 10.2 Å². The van der Waals surface area contributed by atoms with E-state index in [4.69, 9.17) is 23.2 Å². The smallest absolute Gasteiger partial charge is 0.156 e. The Hall–Kier alpha value is -1.65. The van der Waals surface area contributed by atoms with Crippen molar-refractivity contribution in [2.45, 2.75) is 13.3 Å². The van der Waals surface area contributed by atoms with Gasteiger partial charge in [-0.15, -0.1) is 0 Å². The molecular formula is C14H13Cl2N3O. The molecule has 0 spiro atoms. The molecule has 20 heavy (non-hydrogen) atoms. The van der Waals surface area contributed by atoms with Crippen LogP contribution in [0.4, 0.5) is 5.82 Å². The van der Waals surface area contributed by atoms with Crippen molar-refractivity contribution in [3.63, 3.8) is 0 Å². The first kappa shape index (κ1) is 14.8. The number of carbonyl (C=O) groups excluding carboxylic acids is 1. The number of rotatable bonds is 5. The number of carbonyl (C=O) groups is 1. The van der Waals surface area contributed by atoms with E-state index in [-0.39, 0.29) is 10.7 Å². The molecule has 0 aliphatic carbocycles. The normalized spacial score (nSPS) is 10.3. The van der Waals surface area contributed by atoms with Crippen molar-refractivity contribution in [2.24, 2.45) is 0 Å². The summed E-state index contributed by atoms with van der Waals surface area (Å²) >= 11 is 11.7. The average molecular weight is 310 g/mol. The van der Waals surface area contributed by atoms with E-state index in [1.165, 1.54) is 0 Å². The van der Waals surface area contributed by atoms with E-state index in [0.717, 1.165) is 12.0 Å². The fourth-order valence-electron chi connectivity index (χ4n) is 1.76. The molecule has 2 rings (SSSR count). The molecule has 0 bridgehead atoms. The van der Waals surface area contributed by atoms with Crippen LogP contribution < -0.4 is 5.32 Å². The number of hydrogen-bond donors (Lipinski definition) is 1. The molecule has 1 aromatic carbocycles. The zero-order chi connectivity index (χ0) is 14.5. The van der Waals surface area contributed by atoms with Gasteiger partial charge in [-0.2, -0.15) is 0 Å². The Morgan fingerprint density at radius 1 is 1.20 bits per heavy atom. The molecule has 0 saturated carbocycles. The second-order valence-corrected chi connectivity index (χ2v) is 5.04. The molecule has 104 valence electrons. The van der Waals surface area contributed by atoms with Crippen molar-refractivity contribution >= 4 is 35.3 Å². The highest BCUT2D eigenvalue weighted by molar-refractivity contribution is 6.32. The quantitative estimate of drug-likeness (QED) is 0.678. The summed E-state index contributed by atoms with van der Waals surface area (Å²) in [5.41, 5.74) is 1.43. The maximum absolute atomic E-state index is 11.0. The Balaban J connectivity index is 2.04. The predicted molar refractivity (Wildman–Crippen MR) is 80.8 cm³/mol. The topological polar surface area (TPSA) is 54.9 Å². The second-order valence-electron chi connectivity index (χ2n) is 4.25. The van der Waals surface area contributed by atoms with Gasteiger partial charge in [-0.1, -0.05) is 35.3 Å². The lowest BCUT2D eigenvalue weighted by molar-refractivity contribution is 0.112. The lowest BCUT2D eigenvalue weighted by atomic mass is 10.1. The summed E-state index contributed by atoms with van der Waals surface area (Å²) in [6, 6.07) is 7.62. The van der Waals surface area contributed by atoms with Crippen molar-refractivity contribution in [3.05, 3.63) is 51.4 Å². The highest BCUT2D eigenvalue weighted by Gasteiger charge is 2.10. The first-order chi connectivity index (χ1) is 9.60. The summed E-state index contributed by atoms with van der Waals surface area (Å²) in [6.07, 6.45) is 1.45. The van der Waals surface area contributed by atoms with E-state index >= 15 is 0 Å². The maximum Gasteiger partial charge on any atom is 0.156 e. The molecule has 1 aromatic heterocycles. The molecule has 0 saturated heterocycles. The van der Waals surface area contributed by atoms with Gasteiger partial charge in [-0.3, -0.25) is 4.79 Å². The van der Waals surface area contributed by atoms with E-state index < -0.39 is 0 Å². The van der Waals surface area contributed by atoms with Crippen LogP contribution in [0.15, 0.2) is 24.3 Å². The minimum absolute atomic E-state index is 0.168. The van der Waals surface area contributed by atoms with Gasteiger partial charge >= 0.3 is 0 Å². The summed E-state index contributed by atoms with van der Waals surface area (Å²) in [6.45, 7) is 2.36. The molecular weight excluding hydrogens is 297 g/mol. The van der Waals surface area contributed by atoms with Gasteiger partial charge in [-0.25, -0.2) is 9.97 Å². The lowest BCUT2D eigenvalue weighted by Crippen LogP contribution is -2.10. The van der Waals surface area contributed by atoms with Gasteiger partial charge in [0.25, 0.3) is 0 Å². The van der Waals surface area contributed by atoms with Gasteiger partial charge in [0.1, 0.15) is 16.8 Å². The molecule has 0 aliphatic rings. The van der Waals surface area contributed by atoms with E-state index in [1.54, 1.807) is 6.92 Å². The molecule has 0 aliphatic heterocycles. The van der Waals surface area contributed by atoms with E-state index in [2.05, 4.69) is 15.3 Å². The Morgan fingerprint density at radius 2 is 1.90 bits per heavy atom. The van der Waals surface area contributed by atoms with Crippen LogP contribution in [0, 0.1) is 6.92 Å². The Labute approximate surface area is 127 Å². The highest BCUT2D eigenvalue weighted by atomic mass is 35.5. The molecule has 0 atom stereocenters. The number of aryl methyl sites for hydroxylation is 1. The molecule has 0 fully saturated rings. The molecule has 1 N–H and O–H groups in total. The number of hydrogen-bond acceptors (Lipinski definition) is 4. The van der Waals surface area contributed by atoms with Crippen LogP contribution in [-0.2, 0) is 6.42 Å². The van der Waals surface area contributed by atoms with Gasteiger partial charge in [0.15, 0.2) is 6.29 Å². The third-order valence-corrected chi connectivity index (χ3v) is 3.29. The standard InChI is InChI=1S/C14H13Cl2N3O/c1-9-18-13(16)12(8-20)14(19-9)17-7-6-10-2-4-11(15)5-3-10/h2-5,8H,6-7H2,1H3,(H,17,18,19). The van der Waals surface area contributed by atoms with E-state index in [0.29, 0.717) is 29.5 Å². The number of aldehydes is 1. The number of halogens is 2. The largest absolute Gasteiger partial charge is 0.369 e. The summed E-state index contributed by atoms with van der Waals surface area (Å²) in [7, 11) is 0. The fourth-order valence-corrected chi connectivity index (χ4v) is 2.14. The first-order valence-electron chi connectivity index (χ1n) is 6.08. The van der Waals surface area contributed by atoms with Crippen LogP contribution in [-0.4, -0.2) is 22.8 Å². The van der Waals surface area contributed by atoms with Gasteiger partial charge in [0.05, 0.1) is 5.56 Å². The fraction of sp³-hybridized carbons (Fsp3) is 0.214. The van der Waals surface area contributed by atoms with Crippen molar-refractivity contribution in [3.8, 4) is 0 Å². The van der Waals surface area contributed by atoms with E-state index in [1.807, 2.05) is 24.3 Å². The van der Waals surface area contributed by atoms with Crippen LogP contribution in [0.1, 0.15) is 21.7 Å². The Bertz CT molecular complexity index is 615. The number of nitrogens with one attached hydrogen (secondary N) is 1. The van der Waals surface area contributed by atoms with Crippen LogP contribution >= 0.6 is 23.2 Å². The van der Waals surface area contributed by atoms with Gasteiger partial charge in [0, 0.05) is 11.6 Å². The molecule has 2 aromatic rings. The molecule has 0 radical (unpaired) electrons. The monoisotopic (exact) mass is 309 g/mol. The maximum atomic E-state index is 11.0. The summed E-state index contributed by atoms with van der Waals surface area (Å²) in [4.78, 5) is 19.2. The molecule has 0 unspecified atom stereocenters. The molecule has 4 nitrogen and oxygen atoms in total. The number of benzene rings is 1. The van der Waals surface area contributed by atoms with Crippen LogP contribution in [0.5, 0.6) is 0 Å². The van der Waals surface area contributed by atoms with Gasteiger partial charge < -0.3 is 5.32 Å². The summed E-state index contributed by atoms with van der Waals surface area (Å²) in [5, 5.41) is 3.99. The SMILES string of the molecule is Cc1nc(Cl)c(C=O)c(NCCc2ccc(Cl)cc2)n1. The summed E-state index contributed by atoms with van der Waals surface area (Å²) in [5.74, 6) is 0.987. The predicted octanol–water partition coefficient (Wildman–Crippen LogP) is 3.56. The number of anilines is 1. The van der Waals surface area contributed by atoms with Crippen molar-refractivity contribution < 1.29 is 4.79 Å². The Kier molecular flexibility index (Phi) is 4.93.